The third-order valence-corrected chi connectivity index (χ3v) is 7.29. The average molecular weight is 427 g/mol. The number of amides is 1. The van der Waals surface area contributed by atoms with Crippen LogP contribution < -0.4 is 9.64 Å². The molecule has 2 atom stereocenters. The lowest BCUT2D eigenvalue weighted by atomic mass is 10.2. The van der Waals surface area contributed by atoms with E-state index in [0.717, 1.165) is 4.90 Å². The monoisotopic (exact) mass is 426 g/mol. The largest absolute Gasteiger partial charge is 0.494 e. The second-order valence-electron chi connectivity index (χ2n) is 7.79. The zero-order valence-corrected chi connectivity index (χ0v) is 18.3. The van der Waals surface area contributed by atoms with Gasteiger partial charge in [0.25, 0.3) is 5.91 Å². The molecule has 29 heavy (non-hydrogen) atoms. The van der Waals surface area contributed by atoms with Crippen molar-refractivity contribution in [3.8, 4) is 5.75 Å². The Balaban J connectivity index is 1.53. The number of rotatable bonds is 6. The molecule has 0 aliphatic carbocycles. The summed E-state index contributed by atoms with van der Waals surface area (Å²) in [5, 5.41) is 0. The van der Waals surface area contributed by atoms with Crippen LogP contribution in [0.3, 0.4) is 0 Å². The van der Waals surface area contributed by atoms with Crippen molar-refractivity contribution < 1.29 is 27.6 Å². The number of piperazine rings is 1. The Kier molecular flexibility index (Phi) is 7.15. The molecule has 162 valence electrons. The molecule has 1 aromatic rings. The Morgan fingerprint density at radius 3 is 2.28 bits per heavy atom. The maximum Gasteiger partial charge on any atom is 0.277 e. The fraction of sp³-hybridized carbons (Fsp3) is 0.650. The molecule has 2 saturated heterocycles. The summed E-state index contributed by atoms with van der Waals surface area (Å²) in [5.74, 6) is 0.774. The summed E-state index contributed by atoms with van der Waals surface area (Å²) < 4.78 is 38.4. The summed E-state index contributed by atoms with van der Waals surface area (Å²) in [5.41, 5.74) is 0. The number of nitrogens with zero attached hydrogens (tertiary/aromatic N) is 2. The molecule has 0 bridgehead atoms. The minimum absolute atomic E-state index is 0.0498. The molecule has 1 N–H and O–H groups in total. The van der Waals surface area contributed by atoms with E-state index in [0.29, 0.717) is 58.2 Å². The molecule has 0 radical (unpaired) electrons. The Morgan fingerprint density at radius 2 is 1.72 bits per heavy atom. The predicted molar refractivity (Wildman–Crippen MR) is 109 cm³/mol. The van der Waals surface area contributed by atoms with Crippen molar-refractivity contribution >= 4 is 15.9 Å². The Labute approximate surface area is 173 Å². The Hall–Kier alpha value is -1.68. The summed E-state index contributed by atoms with van der Waals surface area (Å²) in [4.78, 5) is 15.9. The lowest BCUT2D eigenvalue weighted by molar-refractivity contribution is -0.896. The van der Waals surface area contributed by atoms with Gasteiger partial charge in [0.1, 0.15) is 5.75 Å². The van der Waals surface area contributed by atoms with Gasteiger partial charge in [-0.15, -0.1) is 0 Å². The van der Waals surface area contributed by atoms with E-state index in [-0.39, 0.29) is 23.0 Å². The summed E-state index contributed by atoms with van der Waals surface area (Å²) in [7, 11) is -3.53. The minimum Gasteiger partial charge on any atom is -0.494 e. The van der Waals surface area contributed by atoms with E-state index in [4.69, 9.17) is 9.47 Å². The smallest absolute Gasteiger partial charge is 0.277 e. The number of morpholine rings is 1. The molecule has 0 spiro atoms. The first-order valence-electron chi connectivity index (χ1n) is 10.3. The van der Waals surface area contributed by atoms with Crippen LogP contribution in [0.5, 0.6) is 5.75 Å². The molecule has 9 heteroatoms. The number of nitrogens with one attached hydrogen (secondary N) is 1. The van der Waals surface area contributed by atoms with Gasteiger partial charge in [-0.3, -0.25) is 4.79 Å². The van der Waals surface area contributed by atoms with Crippen molar-refractivity contribution in [1.82, 2.24) is 9.21 Å². The predicted octanol–water partition coefficient (Wildman–Crippen LogP) is -0.390. The van der Waals surface area contributed by atoms with E-state index >= 15 is 0 Å². The molecule has 0 saturated carbocycles. The molecule has 2 aliphatic heterocycles. The first-order chi connectivity index (χ1) is 13.8. The third kappa shape index (κ3) is 5.48. The molecule has 0 aromatic heterocycles. The first-order valence-corrected chi connectivity index (χ1v) is 11.7. The molecule has 2 fully saturated rings. The summed E-state index contributed by atoms with van der Waals surface area (Å²) in [6, 6.07) is 6.54. The standard InChI is InChI=1S/C20H31N3O5S/c1-4-27-18-5-7-19(8-6-18)29(25,26)23-11-9-21(10-12-23)15-20(24)22-13-16(2)28-17(3)14-22/h5-8,16-17H,4,9-15H2,1-3H3/p+1/t16-,17-/m1/s1. The van der Waals surface area contributed by atoms with E-state index in [9.17, 15) is 13.2 Å². The third-order valence-electron chi connectivity index (χ3n) is 5.38. The van der Waals surface area contributed by atoms with E-state index in [1.54, 1.807) is 24.3 Å². The molecular formula is C20H32N3O5S+. The van der Waals surface area contributed by atoms with Crippen molar-refractivity contribution in [2.75, 3.05) is 52.4 Å². The number of hydrogen-bond acceptors (Lipinski definition) is 5. The highest BCUT2D eigenvalue weighted by Crippen LogP contribution is 2.19. The van der Waals surface area contributed by atoms with Gasteiger partial charge in [-0.2, -0.15) is 4.31 Å². The van der Waals surface area contributed by atoms with Gasteiger partial charge in [-0.05, 0) is 45.0 Å². The van der Waals surface area contributed by atoms with E-state index in [2.05, 4.69) is 0 Å². The van der Waals surface area contributed by atoms with Crippen LogP contribution in [0.2, 0.25) is 0 Å². The highest BCUT2D eigenvalue weighted by Gasteiger charge is 2.33. The second kappa shape index (κ2) is 9.42. The maximum atomic E-state index is 12.9. The van der Waals surface area contributed by atoms with E-state index in [1.165, 1.54) is 4.31 Å². The van der Waals surface area contributed by atoms with Gasteiger partial charge in [0.2, 0.25) is 10.0 Å². The highest BCUT2D eigenvalue weighted by atomic mass is 32.2. The van der Waals surface area contributed by atoms with Crippen LogP contribution in [0.1, 0.15) is 20.8 Å². The molecule has 3 rings (SSSR count). The van der Waals surface area contributed by atoms with Gasteiger partial charge in [0.15, 0.2) is 6.54 Å². The topological polar surface area (TPSA) is 80.6 Å². The first kappa shape index (κ1) is 22.0. The van der Waals surface area contributed by atoms with Gasteiger partial charge in [0.05, 0.1) is 49.9 Å². The summed E-state index contributed by atoms with van der Waals surface area (Å²) >= 11 is 0. The van der Waals surface area contributed by atoms with Gasteiger partial charge in [-0.1, -0.05) is 0 Å². The quantitative estimate of drug-likeness (QED) is 0.670. The number of hydrogen-bond donors (Lipinski definition) is 1. The van der Waals surface area contributed by atoms with Gasteiger partial charge < -0.3 is 19.3 Å². The SMILES string of the molecule is CCOc1ccc(S(=O)(=O)N2CC[NH+](CC(=O)N3C[C@@H](C)O[C@H](C)C3)CC2)cc1. The van der Waals surface area contributed by atoms with Crippen LogP contribution in [0.25, 0.3) is 0 Å². The summed E-state index contributed by atoms with van der Waals surface area (Å²) in [6.07, 6.45) is 0.0996. The number of carbonyl (C=O) groups is 1. The van der Waals surface area contributed by atoms with Crippen LogP contribution >= 0.6 is 0 Å². The average Bonchev–Trinajstić information content (AvgIpc) is 2.68. The number of quaternary nitrogens is 1. The van der Waals surface area contributed by atoms with Crippen molar-refractivity contribution in [2.45, 2.75) is 37.9 Å². The van der Waals surface area contributed by atoms with E-state index < -0.39 is 10.0 Å². The number of carbonyl (C=O) groups excluding carboxylic acids is 1. The van der Waals surface area contributed by atoms with Crippen molar-refractivity contribution in [1.29, 1.82) is 0 Å². The van der Waals surface area contributed by atoms with Crippen LogP contribution in [-0.2, 0) is 19.6 Å². The minimum atomic E-state index is -3.53. The highest BCUT2D eigenvalue weighted by molar-refractivity contribution is 7.89. The molecule has 1 amide bonds. The Morgan fingerprint density at radius 1 is 1.14 bits per heavy atom. The normalized spacial score (nSPS) is 24.4. The van der Waals surface area contributed by atoms with Crippen LogP contribution in [0.4, 0.5) is 0 Å². The van der Waals surface area contributed by atoms with Gasteiger partial charge >= 0.3 is 0 Å². The number of benzene rings is 1. The Bertz CT molecular complexity index is 781. The molecule has 2 heterocycles. The van der Waals surface area contributed by atoms with Crippen molar-refractivity contribution in [2.24, 2.45) is 0 Å². The second-order valence-corrected chi connectivity index (χ2v) is 9.73. The lowest BCUT2D eigenvalue weighted by Crippen LogP contribution is -3.15. The maximum absolute atomic E-state index is 12.9. The van der Waals surface area contributed by atoms with E-state index in [1.807, 2.05) is 25.7 Å². The van der Waals surface area contributed by atoms with Crippen molar-refractivity contribution in [3.05, 3.63) is 24.3 Å². The zero-order chi connectivity index (χ0) is 21.0. The molecule has 2 aliphatic rings. The van der Waals surface area contributed by atoms with Crippen LogP contribution in [0, 0.1) is 0 Å². The molecule has 1 aromatic carbocycles. The van der Waals surface area contributed by atoms with Crippen LogP contribution in [0.15, 0.2) is 29.2 Å². The fourth-order valence-electron chi connectivity index (χ4n) is 3.95. The number of sulfonamides is 1. The number of ether oxygens (including phenoxy) is 2. The molecule has 0 unspecified atom stereocenters. The zero-order valence-electron chi connectivity index (χ0n) is 17.5. The molecule has 8 nitrogen and oxygen atoms in total. The van der Waals surface area contributed by atoms with Gasteiger partial charge in [0, 0.05) is 13.1 Å². The lowest BCUT2D eigenvalue weighted by Gasteiger charge is -2.37. The van der Waals surface area contributed by atoms with Crippen LogP contribution in [-0.4, -0.2) is 88.2 Å². The van der Waals surface area contributed by atoms with Crippen molar-refractivity contribution in [3.63, 3.8) is 0 Å². The van der Waals surface area contributed by atoms with Gasteiger partial charge in [-0.25, -0.2) is 8.42 Å². The molecular weight excluding hydrogens is 394 g/mol. The summed E-state index contributed by atoms with van der Waals surface area (Å²) in [6.45, 7) is 10.1. The fourth-order valence-corrected chi connectivity index (χ4v) is 5.39.